The largest absolute Gasteiger partial charge is 0.341 e. The van der Waals surface area contributed by atoms with Crippen LogP contribution in [0.5, 0.6) is 0 Å². The average Bonchev–Trinajstić information content (AvgIpc) is 2.96. The van der Waals surface area contributed by atoms with Gasteiger partial charge >= 0.3 is 11.8 Å². The molecular weight excluding hydrogens is 345 g/mol. The molecule has 0 fully saturated rings. The molecule has 0 saturated heterocycles. The van der Waals surface area contributed by atoms with Gasteiger partial charge in [-0.05, 0) is 48.2 Å². The Labute approximate surface area is 149 Å². The molecule has 0 heterocycles. The fourth-order valence-corrected chi connectivity index (χ4v) is 3.18. The Morgan fingerprint density at radius 3 is 2.68 bits per heavy atom. The van der Waals surface area contributed by atoms with E-state index in [-0.39, 0.29) is 22.7 Å². The predicted molar refractivity (Wildman–Crippen MR) is 93.6 cm³/mol. The number of hydrogen-bond acceptors (Lipinski definition) is 3. The van der Waals surface area contributed by atoms with Crippen molar-refractivity contribution in [2.24, 2.45) is 11.7 Å². The average molecular weight is 362 g/mol. The minimum Gasteiger partial charge on any atom is -0.341 e. The topological polar surface area (TPSA) is 84.2 Å². The quantitative estimate of drug-likeness (QED) is 0.734. The highest BCUT2D eigenvalue weighted by atomic mass is 35.5. The highest BCUT2D eigenvalue weighted by Gasteiger charge is 2.33. The zero-order chi connectivity index (χ0) is 18.0. The molecule has 2 aromatic rings. The molecule has 7 heteroatoms. The lowest BCUT2D eigenvalue weighted by Crippen LogP contribution is -2.40. The summed E-state index contributed by atoms with van der Waals surface area (Å²) in [5.41, 5.74) is 8.04. The third kappa shape index (κ3) is 3.65. The summed E-state index contributed by atoms with van der Waals surface area (Å²) in [5.74, 6) is -2.31. The van der Waals surface area contributed by atoms with E-state index in [0.717, 1.165) is 23.6 Å². The second kappa shape index (κ2) is 7.21. The monoisotopic (exact) mass is 361 g/mol. The number of benzene rings is 2. The van der Waals surface area contributed by atoms with Crippen LogP contribution in [0, 0.1) is 11.7 Å². The van der Waals surface area contributed by atoms with Crippen LogP contribution in [0.25, 0.3) is 0 Å². The minimum absolute atomic E-state index is 0.0297. The van der Waals surface area contributed by atoms with E-state index in [2.05, 4.69) is 10.6 Å². The summed E-state index contributed by atoms with van der Waals surface area (Å²) in [4.78, 5) is 24.3. The molecule has 1 aliphatic carbocycles. The van der Waals surface area contributed by atoms with Crippen molar-refractivity contribution in [1.82, 2.24) is 5.32 Å². The lowest BCUT2D eigenvalue weighted by molar-refractivity contribution is -0.136. The number of hydrogen-bond donors (Lipinski definition) is 3. The van der Waals surface area contributed by atoms with Crippen molar-refractivity contribution in [1.29, 1.82) is 0 Å². The third-order valence-electron chi connectivity index (χ3n) is 4.32. The Morgan fingerprint density at radius 1 is 1.20 bits per heavy atom. The molecular formula is C18H17ClFN3O2. The fraction of sp³-hybridized carbons (Fsp3) is 0.222. The lowest BCUT2D eigenvalue weighted by atomic mass is 10.0. The maximum atomic E-state index is 13.4. The van der Waals surface area contributed by atoms with Crippen LogP contribution in [0.1, 0.15) is 17.2 Å². The van der Waals surface area contributed by atoms with Crippen molar-refractivity contribution in [3.05, 3.63) is 64.4 Å². The normalized spacial score (nSPS) is 18.5. The Morgan fingerprint density at radius 2 is 1.96 bits per heavy atom. The first-order chi connectivity index (χ1) is 12.0. The standard InChI is InChI=1S/C18H17ClFN3O2/c19-14-6-5-12(8-15(14)20)22-17(24)18(25)23-16-11(9-21)7-10-3-1-2-4-13(10)16/h1-6,8,11,16H,7,9,21H2,(H,22,24)(H,23,25)/t11-,16-/m0/s1. The smallest absolute Gasteiger partial charge is 0.313 e. The van der Waals surface area contributed by atoms with Gasteiger partial charge in [0.1, 0.15) is 5.82 Å². The number of nitrogens with one attached hydrogen (secondary N) is 2. The van der Waals surface area contributed by atoms with Gasteiger partial charge in [-0.3, -0.25) is 9.59 Å². The molecule has 0 unspecified atom stereocenters. The molecule has 2 atom stereocenters. The van der Waals surface area contributed by atoms with Crippen LogP contribution >= 0.6 is 11.6 Å². The molecule has 5 nitrogen and oxygen atoms in total. The number of carbonyl (C=O) groups is 2. The van der Waals surface area contributed by atoms with Gasteiger partial charge in [0.15, 0.2) is 0 Å². The number of fused-ring (bicyclic) bond motifs is 1. The number of halogens is 2. The van der Waals surface area contributed by atoms with Gasteiger partial charge in [0.05, 0.1) is 11.1 Å². The summed E-state index contributed by atoms with van der Waals surface area (Å²) in [7, 11) is 0. The number of rotatable bonds is 3. The van der Waals surface area contributed by atoms with Crippen LogP contribution in [0.3, 0.4) is 0 Å². The minimum atomic E-state index is -0.873. The van der Waals surface area contributed by atoms with Gasteiger partial charge in [0, 0.05) is 5.69 Å². The first-order valence-corrected chi connectivity index (χ1v) is 8.22. The van der Waals surface area contributed by atoms with Gasteiger partial charge in [0.25, 0.3) is 0 Å². The lowest BCUT2D eigenvalue weighted by Gasteiger charge is -2.20. The maximum Gasteiger partial charge on any atom is 0.313 e. The number of amides is 2. The van der Waals surface area contributed by atoms with Crippen molar-refractivity contribution >= 4 is 29.1 Å². The number of anilines is 1. The van der Waals surface area contributed by atoms with Gasteiger partial charge in [-0.25, -0.2) is 4.39 Å². The molecule has 0 bridgehead atoms. The van der Waals surface area contributed by atoms with Crippen LogP contribution in [0.2, 0.25) is 5.02 Å². The van der Waals surface area contributed by atoms with E-state index in [1.807, 2.05) is 24.3 Å². The van der Waals surface area contributed by atoms with Gasteiger partial charge < -0.3 is 16.4 Å². The van der Waals surface area contributed by atoms with E-state index < -0.39 is 17.6 Å². The molecule has 0 radical (unpaired) electrons. The maximum absolute atomic E-state index is 13.4. The van der Waals surface area contributed by atoms with Crippen molar-refractivity contribution in [3.63, 3.8) is 0 Å². The molecule has 4 N–H and O–H groups in total. The molecule has 0 aromatic heterocycles. The van der Waals surface area contributed by atoms with E-state index in [4.69, 9.17) is 17.3 Å². The second-order valence-electron chi connectivity index (χ2n) is 5.93. The van der Waals surface area contributed by atoms with Crippen LogP contribution in [-0.4, -0.2) is 18.4 Å². The Bertz CT molecular complexity index is 828. The zero-order valence-corrected chi connectivity index (χ0v) is 14.0. The zero-order valence-electron chi connectivity index (χ0n) is 13.3. The Balaban J connectivity index is 1.70. The molecule has 0 saturated carbocycles. The third-order valence-corrected chi connectivity index (χ3v) is 4.62. The molecule has 1 aliphatic rings. The predicted octanol–water partition coefficient (Wildman–Crippen LogP) is 2.41. The fourth-order valence-electron chi connectivity index (χ4n) is 3.06. The van der Waals surface area contributed by atoms with E-state index in [0.29, 0.717) is 6.54 Å². The van der Waals surface area contributed by atoms with E-state index in [1.165, 1.54) is 12.1 Å². The van der Waals surface area contributed by atoms with Crippen molar-refractivity contribution in [2.75, 3.05) is 11.9 Å². The molecule has 25 heavy (non-hydrogen) atoms. The van der Waals surface area contributed by atoms with Crippen molar-refractivity contribution in [2.45, 2.75) is 12.5 Å². The Kier molecular flexibility index (Phi) is 5.01. The number of nitrogens with two attached hydrogens (primary N) is 1. The highest BCUT2D eigenvalue weighted by Crippen LogP contribution is 2.35. The second-order valence-corrected chi connectivity index (χ2v) is 6.34. The molecule has 2 aromatic carbocycles. The van der Waals surface area contributed by atoms with Gasteiger partial charge in [-0.2, -0.15) is 0 Å². The molecule has 3 rings (SSSR count). The van der Waals surface area contributed by atoms with Crippen LogP contribution in [0.4, 0.5) is 10.1 Å². The van der Waals surface area contributed by atoms with Gasteiger partial charge in [0.2, 0.25) is 0 Å². The Hall–Kier alpha value is -2.44. The molecule has 130 valence electrons. The summed E-state index contributed by atoms with van der Waals surface area (Å²) in [6.45, 7) is 0.393. The first-order valence-electron chi connectivity index (χ1n) is 7.84. The van der Waals surface area contributed by atoms with Crippen LogP contribution < -0.4 is 16.4 Å². The highest BCUT2D eigenvalue weighted by molar-refractivity contribution is 6.39. The summed E-state index contributed by atoms with van der Waals surface area (Å²) < 4.78 is 13.4. The van der Waals surface area contributed by atoms with E-state index in [1.54, 1.807) is 0 Å². The van der Waals surface area contributed by atoms with Gasteiger partial charge in [-0.15, -0.1) is 0 Å². The van der Waals surface area contributed by atoms with Crippen LogP contribution in [-0.2, 0) is 16.0 Å². The summed E-state index contributed by atoms with van der Waals surface area (Å²) in [6.07, 6.45) is 0.752. The molecule has 0 aliphatic heterocycles. The molecule has 0 spiro atoms. The van der Waals surface area contributed by atoms with E-state index >= 15 is 0 Å². The van der Waals surface area contributed by atoms with Crippen molar-refractivity contribution in [3.8, 4) is 0 Å². The van der Waals surface area contributed by atoms with E-state index in [9.17, 15) is 14.0 Å². The van der Waals surface area contributed by atoms with Gasteiger partial charge in [-0.1, -0.05) is 35.9 Å². The molecule has 2 amide bonds. The summed E-state index contributed by atoms with van der Waals surface area (Å²) in [5, 5.41) is 5.03. The van der Waals surface area contributed by atoms with Crippen LogP contribution in [0.15, 0.2) is 42.5 Å². The summed E-state index contributed by atoms with van der Waals surface area (Å²) >= 11 is 5.59. The first kappa shape index (κ1) is 17.4. The SMILES string of the molecule is NC[C@@H]1Cc2ccccc2[C@H]1NC(=O)C(=O)Nc1ccc(Cl)c(F)c1. The van der Waals surface area contributed by atoms with Crippen molar-refractivity contribution < 1.29 is 14.0 Å². The number of carbonyl (C=O) groups excluding carboxylic acids is 2. The summed E-state index contributed by atoms with van der Waals surface area (Å²) in [6, 6.07) is 11.2.